The van der Waals surface area contributed by atoms with E-state index in [1.54, 1.807) is 39.0 Å². The third-order valence-electron chi connectivity index (χ3n) is 2.18. The van der Waals surface area contributed by atoms with Crippen molar-refractivity contribution in [2.75, 3.05) is 5.32 Å². The van der Waals surface area contributed by atoms with Crippen molar-refractivity contribution in [3.63, 3.8) is 0 Å². The average molecular weight is 261 g/mol. The molecule has 0 aliphatic carbocycles. The number of anilines is 1. The highest BCUT2D eigenvalue weighted by atomic mass is 16.6. The van der Waals surface area contributed by atoms with Crippen LogP contribution < -0.4 is 5.32 Å². The van der Waals surface area contributed by atoms with Crippen LogP contribution in [-0.4, -0.2) is 17.5 Å². The van der Waals surface area contributed by atoms with Crippen LogP contribution in [0, 0.1) is 0 Å². The molecule has 102 valence electrons. The Morgan fingerprint density at radius 1 is 1.37 bits per heavy atom. The second kappa shape index (κ2) is 6.18. The Labute approximate surface area is 113 Å². The van der Waals surface area contributed by atoms with Gasteiger partial charge in [0.05, 0.1) is 0 Å². The van der Waals surface area contributed by atoms with Gasteiger partial charge in [0.1, 0.15) is 5.60 Å². The molecule has 19 heavy (non-hydrogen) atoms. The number of hydrogen-bond acceptors (Lipinski definition) is 3. The monoisotopic (exact) mass is 261 g/mol. The molecule has 4 heteroatoms. The Morgan fingerprint density at radius 3 is 2.63 bits per heavy atom. The SMILES string of the molecule is C=CC(=O)Cc1cccc(NC(=O)OC(C)(C)C)c1. The largest absolute Gasteiger partial charge is 0.444 e. The quantitative estimate of drug-likeness (QED) is 0.846. The maximum atomic E-state index is 11.6. The second-order valence-electron chi connectivity index (χ2n) is 5.17. The minimum absolute atomic E-state index is 0.0607. The predicted octanol–water partition coefficient (Wildman–Crippen LogP) is 3.33. The highest BCUT2D eigenvalue weighted by molar-refractivity contribution is 5.91. The van der Waals surface area contributed by atoms with Gasteiger partial charge in [0.2, 0.25) is 0 Å². The summed E-state index contributed by atoms with van der Waals surface area (Å²) in [6.07, 6.45) is 1.04. The Morgan fingerprint density at radius 2 is 2.05 bits per heavy atom. The first-order chi connectivity index (χ1) is 8.80. The number of ketones is 1. The van der Waals surface area contributed by atoms with E-state index in [1.807, 2.05) is 6.07 Å². The minimum atomic E-state index is -0.541. The zero-order valence-corrected chi connectivity index (χ0v) is 11.5. The van der Waals surface area contributed by atoms with Crippen LogP contribution in [0.5, 0.6) is 0 Å². The standard InChI is InChI=1S/C15H19NO3/c1-5-13(17)10-11-7-6-8-12(9-11)16-14(18)19-15(2,3)4/h5-9H,1,10H2,2-4H3,(H,16,18). The van der Waals surface area contributed by atoms with Gasteiger partial charge in [-0.3, -0.25) is 10.1 Å². The number of ether oxygens (including phenoxy) is 1. The smallest absolute Gasteiger partial charge is 0.412 e. The van der Waals surface area contributed by atoms with Gasteiger partial charge in [0, 0.05) is 12.1 Å². The molecule has 4 nitrogen and oxygen atoms in total. The topological polar surface area (TPSA) is 55.4 Å². The van der Waals surface area contributed by atoms with E-state index in [4.69, 9.17) is 4.74 Å². The minimum Gasteiger partial charge on any atom is -0.444 e. The van der Waals surface area contributed by atoms with Crippen LogP contribution in [-0.2, 0) is 16.0 Å². The molecule has 0 bridgehead atoms. The zero-order chi connectivity index (χ0) is 14.5. The molecule has 0 aliphatic heterocycles. The van der Waals surface area contributed by atoms with Crippen molar-refractivity contribution in [3.8, 4) is 0 Å². The number of benzene rings is 1. The van der Waals surface area contributed by atoms with E-state index < -0.39 is 11.7 Å². The lowest BCUT2D eigenvalue weighted by molar-refractivity contribution is -0.114. The Hall–Kier alpha value is -2.10. The summed E-state index contributed by atoms with van der Waals surface area (Å²) < 4.78 is 5.15. The summed E-state index contributed by atoms with van der Waals surface area (Å²) in [5.74, 6) is -0.0607. The fourth-order valence-corrected chi connectivity index (χ4v) is 1.45. The molecule has 0 unspecified atom stereocenters. The third-order valence-corrected chi connectivity index (χ3v) is 2.18. The normalized spacial score (nSPS) is 10.7. The summed E-state index contributed by atoms with van der Waals surface area (Å²) in [5.41, 5.74) is 0.877. The number of carbonyl (C=O) groups excluding carboxylic acids is 2. The number of nitrogens with one attached hydrogen (secondary N) is 1. The van der Waals surface area contributed by atoms with Crippen LogP contribution in [0.2, 0.25) is 0 Å². The van der Waals surface area contributed by atoms with Crippen molar-refractivity contribution in [3.05, 3.63) is 42.5 Å². The van der Waals surface area contributed by atoms with Crippen LogP contribution in [0.25, 0.3) is 0 Å². The van der Waals surface area contributed by atoms with Crippen LogP contribution in [0.1, 0.15) is 26.3 Å². The molecule has 1 aromatic carbocycles. The fourth-order valence-electron chi connectivity index (χ4n) is 1.45. The van der Waals surface area contributed by atoms with E-state index >= 15 is 0 Å². The molecule has 0 aliphatic rings. The molecule has 0 saturated carbocycles. The Kier molecular flexibility index (Phi) is 4.87. The van der Waals surface area contributed by atoms with E-state index in [2.05, 4.69) is 11.9 Å². The fraction of sp³-hybridized carbons (Fsp3) is 0.333. The highest BCUT2D eigenvalue weighted by Gasteiger charge is 2.16. The molecule has 1 amide bonds. The first kappa shape index (κ1) is 15.0. The molecular weight excluding hydrogens is 242 g/mol. The molecule has 0 atom stereocenters. The van der Waals surface area contributed by atoms with Gasteiger partial charge in [-0.25, -0.2) is 4.79 Å². The van der Waals surface area contributed by atoms with Gasteiger partial charge < -0.3 is 4.74 Å². The molecule has 0 saturated heterocycles. The molecular formula is C15H19NO3. The lowest BCUT2D eigenvalue weighted by Crippen LogP contribution is -2.27. The van der Waals surface area contributed by atoms with Gasteiger partial charge in [-0.15, -0.1) is 0 Å². The van der Waals surface area contributed by atoms with E-state index in [1.165, 1.54) is 6.08 Å². The molecule has 1 N–H and O–H groups in total. The number of amides is 1. The van der Waals surface area contributed by atoms with Gasteiger partial charge in [-0.05, 0) is 44.5 Å². The van der Waals surface area contributed by atoms with Crippen LogP contribution in [0.15, 0.2) is 36.9 Å². The maximum absolute atomic E-state index is 11.6. The van der Waals surface area contributed by atoms with Crippen molar-refractivity contribution in [2.24, 2.45) is 0 Å². The van der Waals surface area contributed by atoms with Crippen LogP contribution >= 0.6 is 0 Å². The lowest BCUT2D eigenvalue weighted by Gasteiger charge is -2.19. The van der Waals surface area contributed by atoms with Gasteiger partial charge in [0.15, 0.2) is 5.78 Å². The summed E-state index contributed by atoms with van der Waals surface area (Å²) >= 11 is 0. The van der Waals surface area contributed by atoms with E-state index in [9.17, 15) is 9.59 Å². The average Bonchev–Trinajstić information content (AvgIpc) is 2.26. The number of allylic oxidation sites excluding steroid dienone is 1. The first-order valence-corrected chi connectivity index (χ1v) is 6.04. The summed E-state index contributed by atoms with van der Waals surface area (Å²) in [6.45, 7) is 8.82. The molecule has 0 spiro atoms. The lowest BCUT2D eigenvalue weighted by atomic mass is 10.1. The predicted molar refractivity (Wildman–Crippen MR) is 75.2 cm³/mol. The first-order valence-electron chi connectivity index (χ1n) is 6.04. The van der Waals surface area contributed by atoms with Gasteiger partial charge in [-0.1, -0.05) is 18.7 Å². The molecule has 0 aromatic heterocycles. The van der Waals surface area contributed by atoms with Crippen molar-refractivity contribution in [1.82, 2.24) is 0 Å². The summed E-state index contributed by atoms with van der Waals surface area (Å²) in [6, 6.07) is 7.08. The van der Waals surface area contributed by atoms with Crippen molar-refractivity contribution < 1.29 is 14.3 Å². The van der Waals surface area contributed by atoms with E-state index in [-0.39, 0.29) is 12.2 Å². The second-order valence-corrected chi connectivity index (χ2v) is 5.17. The Bertz CT molecular complexity index is 486. The van der Waals surface area contributed by atoms with Crippen LogP contribution in [0.3, 0.4) is 0 Å². The van der Waals surface area contributed by atoms with Gasteiger partial charge in [0.25, 0.3) is 0 Å². The molecule has 1 aromatic rings. The Balaban J connectivity index is 2.69. The highest BCUT2D eigenvalue weighted by Crippen LogP contribution is 2.14. The van der Waals surface area contributed by atoms with Crippen molar-refractivity contribution in [1.29, 1.82) is 0 Å². The molecule has 0 radical (unpaired) electrons. The number of carbonyl (C=O) groups is 2. The van der Waals surface area contributed by atoms with Gasteiger partial charge in [-0.2, -0.15) is 0 Å². The van der Waals surface area contributed by atoms with Crippen molar-refractivity contribution >= 4 is 17.6 Å². The van der Waals surface area contributed by atoms with Crippen LogP contribution in [0.4, 0.5) is 10.5 Å². The van der Waals surface area contributed by atoms with E-state index in [0.717, 1.165) is 5.56 Å². The summed E-state index contributed by atoms with van der Waals surface area (Å²) in [7, 11) is 0. The van der Waals surface area contributed by atoms with Crippen molar-refractivity contribution in [2.45, 2.75) is 32.8 Å². The molecule has 0 heterocycles. The third kappa shape index (κ3) is 5.86. The summed E-state index contributed by atoms with van der Waals surface area (Å²) in [5, 5.41) is 2.63. The summed E-state index contributed by atoms with van der Waals surface area (Å²) in [4.78, 5) is 22.9. The number of rotatable bonds is 4. The maximum Gasteiger partial charge on any atom is 0.412 e. The number of hydrogen-bond donors (Lipinski definition) is 1. The molecule has 0 fully saturated rings. The van der Waals surface area contributed by atoms with E-state index in [0.29, 0.717) is 5.69 Å². The van der Waals surface area contributed by atoms with Gasteiger partial charge >= 0.3 is 6.09 Å². The molecule has 1 rings (SSSR count). The zero-order valence-electron chi connectivity index (χ0n) is 11.5.